The van der Waals surface area contributed by atoms with Gasteiger partial charge in [-0.25, -0.2) is 15.0 Å². The summed E-state index contributed by atoms with van der Waals surface area (Å²) in [6.07, 6.45) is 8.10. The quantitative estimate of drug-likeness (QED) is 0.533. The highest BCUT2D eigenvalue weighted by atomic mass is 32.1. The Kier molecular flexibility index (Phi) is 3.96. The number of H-pyrrole nitrogens is 1. The van der Waals surface area contributed by atoms with Gasteiger partial charge in [0.25, 0.3) is 0 Å². The Labute approximate surface area is 149 Å². The minimum Gasteiger partial charge on any atom is -0.349 e. The maximum Gasteiger partial charge on any atom is 0.178 e. The number of anilines is 1. The Morgan fingerprint density at radius 1 is 1.28 bits per heavy atom. The molecule has 25 heavy (non-hydrogen) atoms. The fourth-order valence-electron chi connectivity index (χ4n) is 3.14. The number of rotatable bonds is 5. The van der Waals surface area contributed by atoms with Crippen molar-refractivity contribution in [2.45, 2.75) is 33.0 Å². The maximum absolute atomic E-state index is 5.41. The molecule has 0 amide bonds. The van der Waals surface area contributed by atoms with Crippen molar-refractivity contribution >= 4 is 40.0 Å². The molecule has 0 aliphatic rings. The van der Waals surface area contributed by atoms with Gasteiger partial charge in [-0.3, -0.25) is 0 Å². The zero-order valence-corrected chi connectivity index (χ0v) is 14.9. The molecule has 4 rings (SSSR count). The molecule has 0 spiro atoms. The number of aryl methyl sites for hydroxylation is 1. The van der Waals surface area contributed by atoms with Gasteiger partial charge >= 0.3 is 0 Å². The van der Waals surface area contributed by atoms with E-state index in [1.807, 2.05) is 10.8 Å². The number of aromatic amines is 1. The Hall–Kier alpha value is -2.74. The summed E-state index contributed by atoms with van der Waals surface area (Å²) in [6, 6.07) is 4.13. The number of hydrogen-bond acceptors (Lipinski definition) is 5. The summed E-state index contributed by atoms with van der Waals surface area (Å²) >= 11 is 5.41. The number of imidazole rings is 2. The van der Waals surface area contributed by atoms with Gasteiger partial charge < -0.3 is 19.4 Å². The lowest BCUT2D eigenvalue weighted by Gasteiger charge is -2.19. The molecule has 8 heteroatoms. The predicted octanol–water partition coefficient (Wildman–Crippen LogP) is 3.88. The van der Waals surface area contributed by atoms with Crippen LogP contribution in [-0.2, 0) is 6.54 Å². The molecule has 1 atom stereocenters. The molecule has 3 heterocycles. The summed E-state index contributed by atoms with van der Waals surface area (Å²) in [5.74, 6) is 0.802. The summed E-state index contributed by atoms with van der Waals surface area (Å²) in [6.45, 7) is 5.02. The second kappa shape index (κ2) is 6.29. The van der Waals surface area contributed by atoms with E-state index < -0.39 is 0 Å². The molecule has 3 aromatic heterocycles. The van der Waals surface area contributed by atoms with Crippen LogP contribution in [0.25, 0.3) is 21.9 Å². The van der Waals surface area contributed by atoms with E-state index in [0.29, 0.717) is 0 Å². The molecular weight excluding hydrogens is 334 g/mol. The Morgan fingerprint density at radius 3 is 2.88 bits per heavy atom. The van der Waals surface area contributed by atoms with Gasteiger partial charge in [-0.15, -0.1) is 0 Å². The summed E-state index contributed by atoms with van der Waals surface area (Å²) in [4.78, 5) is 16.3. The van der Waals surface area contributed by atoms with Gasteiger partial charge in [-0.2, -0.15) is 0 Å². The molecule has 0 fully saturated rings. The summed E-state index contributed by atoms with van der Waals surface area (Å²) in [7, 11) is 0. The first kappa shape index (κ1) is 15.8. The van der Waals surface area contributed by atoms with Crippen LogP contribution in [0.15, 0.2) is 37.2 Å². The van der Waals surface area contributed by atoms with Gasteiger partial charge in [-0.1, -0.05) is 6.92 Å². The highest BCUT2D eigenvalue weighted by Gasteiger charge is 2.13. The molecular formula is C17H19N7S. The van der Waals surface area contributed by atoms with Gasteiger partial charge in [0, 0.05) is 24.3 Å². The number of nitrogens with zero attached hydrogens (tertiary/aromatic N) is 5. The smallest absolute Gasteiger partial charge is 0.178 e. The molecule has 0 radical (unpaired) electrons. The lowest BCUT2D eigenvalue weighted by molar-refractivity contribution is 0.543. The third-order valence-electron chi connectivity index (χ3n) is 4.42. The van der Waals surface area contributed by atoms with Gasteiger partial charge in [0.1, 0.15) is 18.3 Å². The van der Waals surface area contributed by atoms with E-state index in [-0.39, 0.29) is 6.17 Å². The number of nitrogens with one attached hydrogen (secondary N) is 2. The van der Waals surface area contributed by atoms with Crippen molar-refractivity contribution in [2.75, 3.05) is 5.32 Å². The Bertz CT molecular complexity index is 1080. The number of aromatic nitrogens is 6. The Balaban J connectivity index is 1.84. The van der Waals surface area contributed by atoms with E-state index in [4.69, 9.17) is 12.2 Å². The van der Waals surface area contributed by atoms with E-state index in [2.05, 4.69) is 55.8 Å². The normalized spacial score (nSPS) is 12.7. The van der Waals surface area contributed by atoms with Crippen molar-refractivity contribution < 1.29 is 0 Å². The number of benzene rings is 1. The zero-order valence-electron chi connectivity index (χ0n) is 14.1. The number of fused-ring (bicyclic) bond motifs is 2. The molecule has 4 aromatic rings. The second-order valence-electron chi connectivity index (χ2n) is 5.86. The highest BCUT2D eigenvalue weighted by molar-refractivity contribution is 7.71. The molecule has 128 valence electrons. The van der Waals surface area contributed by atoms with Crippen molar-refractivity contribution in [1.29, 1.82) is 0 Å². The molecule has 0 bridgehead atoms. The fourth-order valence-corrected chi connectivity index (χ4v) is 3.47. The van der Waals surface area contributed by atoms with Crippen LogP contribution in [0.5, 0.6) is 0 Å². The molecule has 2 N–H and O–H groups in total. The zero-order chi connectivity index (χ0) is 17.4. The second-order valence-corrected chi connectivity index (χ2v) is 6.25. The van der Waals surface area contributed by atoms with Crippen LogP contribution in [0.2, 0.25) is 0 Å². The van der Waals surface area contributed by atoms with Crippen molar-refractivity contribution in [3.05, 3.63) is 42.0 Å². The minimum absolute atomic E-state index is 0.0787. The summed E-state index contributed by atoms with van der Waals surface area (Å²) in [5.41, 5.74) is 2.95. The standard InChI is InChI=1S/C17H19N7S/c1-3-15(23-6-5-18-10-23)22-16-11-7-13-14(8-12(11)19-9-20-16)24(4-2)17(25)21-13/h5-10,15H,3-4H2,1-2H3,(H,21,25)(H,19,20,22). The van der Waals surface area contributed by atoms with Crippen molar-refractivity contribution in [3.63, 3.8) is 0 Å². The highest BCUT2D eigenvalue weighted by Crippen LogP contribution is 2.27. The summed E-state index contributed by atoms with van der Waals surface area (Å²) in [5, 5.41) is 4.47. The van der Waals surface area contributed by atoms with Crippen molar-refractivity contribution in [1.82, 2.24) is 29.1 Å². The van der Waals surface area contributed by atoms with Gasteiger partial charge in [-0.05, 0) is 37.7 Å². The lowest BCUT2D eigenvalue weighted by atomic mass is 10.2. The lowest BCUT2D eigenvalue weighted by Crippen LogP contribution is -2.17. The van der Waals surface area contributed by atoms with Crippen LogP contribution < -0.4 is 5.32 Å². The molecule has 0 aliphatic heterocycles. The largest absolute Gasteiger partial charge is 0.349 e. The van der Waals surface area contributed by atoms with Crippen LogP contribution in [0.4, 0.5) is 5.82 Å². The first-order valence-electron chi connectivity index (χ1n) is 8.32. The van der Waals surface area contributed by atoms with Gasteiger partial charge in [0.15, 0.2) is 4.77 Å². The SMILES string of the molecule is CCC(Nc1ncnc2cc3c(cc12)[nH]c(=S)n3CC)n1ccnc1. The minimum atomic E-state index is 0.0787. The maximum atomic E-state index is 5.41. The average molecular weight is 353 g/mol. The van der Waals surface area contributed by atoms with Crippen LogP contribution >= 0.6 is 12.2 Å². The third-order valence-corrected chi connectivity index (χ3v) is 4.74. The molecule has 0 saturated heterocycles. The van der Waals surface area contributed by atoms with E-state index in [1.54, 1.807) is 18.9 Å². The predicted molar refractivity (Wildman–Crippen MR) is 101 cm³/mol. The van der Waals surface area contributed by atoms with Crippen LogP contribution in [0, 0.1) is 4.77 Å². The first-order chi connectivity index (χ1) is 12.2. The molecule has 1 aromatic carbocycles. The first-order valence-corrected chi connectivity index (χ1v) is 8.73. The van der Waals surface area contributed by atoms with E-state index in [1.165, 1.54) is 0 Å². The monoisotopic (exact) mass is 353 g/mol. The van der Waals surface area contributed by atoms with Gasteiger partial charge in [0.2, 0.25) is 0 Å². The van der Waals surface area contributed by atoms with Crippen molar-refractivity contribution in [3.8, 4) is 0 Å². The van der Waals surface area contributed by atoms with Crippen LogP contribution in [0.3, 0.4) is 0 Å². The average Bonchev–Trinajstić information content (AvgIpc) is 3.24. The van der Waals surface area contributed by atoms with Crippen LogP contribution in [-0.4, -0.2) is 29.1 Å². The van der Waals surface area contributed by atoms with E-state index in [9.17, 15) is 0 Å². The van der Waals surface area contributed by atoms with E-state index in [0.717, 1.165) is 45.5 Å². The van der Waals surface area contributed by atoms with E-state index >= 15 is 0 Å². The fraction of sp³-hybridized carbons (Fsp3) is 0.294. The molecule has 7 nitrogen and oxygen atoms in total. The number of hydrogen-bond donors (Lipinski definition) is 2. The van der Waals surface area contributed by atoms with Crippen molar-refractivity contribution in [2.24, 2.45) is 0 Å². The topological polar surface area (TPSA) is 76.3 Å². The van der Waals surface area contributed by atoms with Crippen LogP contribution in [0.1, 0.15) is 26.4 Å². The van der Waals surface area contributed by atoms with Gasteiger partial charge in [0.05, 0.1) is 22.9 Å². The molecule has 0 saturated carbocycles. The molecule has 1 unspecified atom stereocenters. The summed E-state index contributed by atoms with van der Waals surface area (Å²) < 4.78 is 4.83. The Morgan fingerprint density at radius 2 is 2.16 bits per heavy atom. The third kappa shape index (κ3) is 2.68. The molecule has 0 aliphatic carbocycles.